The highest BCUT2D eigenvalue weighted by atomic mass is 16.9. The van der Waals surface area contributed by atoms with Crippen LogP contribution in [-0.4, -0.2) is 34.8 Å². The van der Waals surface area contributed by atoms with Crippen molar-refractivity contribution in [3.05, 3.63) is 10.1 Å². The van der Waals surface area contributed by atoms with E-state index >= 15 is 0 Å². The van der Waals surface area contributed by atoms with Crippen LogP contribution in [0.2, 0.25) is 0 Å². The Morgan fingerprint density at radius 3 is 2.41 bits per heavy atom. The number of aliphatic imine (C=N–C) groups is 1. The van der Waals surface area contributed by atoms with Crippen LogP contribution in [0.25, 0.3) is 0 Å². The van der Waals surface area contributed by atoms with Crippen LogP contribution >= 0.6 is 0 Å². The van der Waals surface area contributed by atoms with Gasteiger partial charge in [0.25, 0.3) is 5.09 Å². The number of hydrogen-bond donors (Lipinski definition) is 5. The van der Waals surface area contributed by atoms with Gasteiger partial charge in [-0.1, -0.05) is 6.92 Å². The van der Waals surface area contributed by atoms with Gasteiger partial charge in [0.2, 0.25) is 0 Å². The van der Waals surface area contributed by atoms with Crippen LogP contribution in [-0.2, 0) is 0 Å². The molecule has 9 heteroatoms. The second-order valence-electron chi connectivity index (χ2n) is 3.04. The van der Waals surface area contributed by atoms with Gasteiger partial charge in [-0.2, -0.15) is 0 Å². The third-order valence-electron chi connectivity index (χ3n) is 1.54. The summed E-state index contributed by atoms with van der Waals surface area (Å²) in [6.07, 6.45) is 0.967. The molecule has 0 aromatic carbocycles. The average molecular weight is 248 g/mol. The minimum Gasteiger partial charge on any atom is -0.370 e. The fraction of sp³-hybridized carbons (Fsp3) is 0.750. The van der Waals surface area contributed by atoms with E-state index in [4.69, 9.17) is 26.5 Å². The Morgan fingerprint density at radius 2 is 2.12 bits per heavy atom. The van der Waals surface area contributed by atoms with E-state index in [-0.39, 0.29) is 12.0 Å². The molecule has 1 atom stereocenters. The van der Waals surface area contributed by atoms with Crippen molar-refractivity contribution in [3.63, 3.8) is 0 Å². The Hall–Kier alpha value is -2.06. The molecule has 100 valence electrons. The molecule has 6 N–H and O–H groups in total. The molecule has 0 fully saturated rings. The van der Waals surface area contributed by atoms with E-state index in [0.29, 0.717) is 5.96 Å². The molecule has 0 rings (SSSR count). The van der Waals surface area contributed by atoms with Crippen LogP contribution in [0.4, 0.5) is 0 Å². The molecule has 0 bridgehead atoms. The molecule has 0 saturated carbocycles. The van der Waals surface area contributed by atoms with E-state index in [9.17, 15) is 0 Å². The number of rotatable bonds is 3. The maximum atomic E-state index is 8.36. The summed E-state index contributed by atoms with van der Waals surface area (Å²) in [5.74, 6) is 0.479. The number of nitrogens with one attached hydrogen (secondary N) is 3. The standard InChI is InChI=1S/C8H19N5.HNO3/c1-4-6(3)12-8(11-5-2)13-7(9)10;2-1(3)4/h6H,4-5H2,1-3H3,(H5,9,10,11,12,13);(H,2,3,4). The smallest absolute Gasteiger partial charge is 0.291 e. The summed E-state index contributed by atoms with van der Waals surface area (Å²) in [6.45, 7) is 6.80. The van der Waals surface area contributed by atoms with Gasteiger partial charge in [-0.05, 0) is 20.3 Å². The van der Waals surface area contributed by atoms with Crippen LogP contribution in [0, 0.1) is 15.5 Å². The van der Waals surface area contributed by atoms with E-state index in [1.54, 1.807) is 0 Å². The molecule has 0 aromatic heterocycles. The Labute approximate surface area is 99.7 Å². The van der Waals surface area contributed by atoms with Gasteiger partial charge in [0.05, 0.1) is 6.04 Å². The molecular weight excluding hydrogens is 228 g/mol. The third-order valence-corrected chi connectivity index (χ3v) is 1.54. The van der Waals surface area contributed by atoms with Crippen LogP contribution in [0.1, 0.15) is 27.2 Å². The van der Waals surface area contributed by atoms with Crippen molar-refractivity contribution in [2.45, 2.75) is 33.2 Å². The lowest BCUT2D eigenvalue weighted by atomic mass is 10.3. The van der Waals surface area contributed by atoms with Gasteiger partial charge in [-0.15, -0.1) is 10.1 Å². The average Bonchev–Trinajstić information content (AvgIpc) is 2.15. The van der Waals surface area contributed by atoms with E-state index in [1.807, 2.05) is 13.8 Å². The molecule has 0 amide bonds. The molecule has 0 aliphatic carbocycles. The van der Waals surface area contributed by atoms with Crippen LogP contribution in [0.5, 0.6) is 0 Å². The maximum Gasteiger partial charge on any atom is 0.291 e. The number of guanidine groups is 2. The van der Waals surface area contributed by atoms with Gasteiger partial charge in [-0.3, -0.25) is 10.7 Å². The molecule has 0 radical (unpaired) electrons. The van der Waals surface area contributed by atoms with Gasteiger partial charge in [0.15, 0.2) is 11.9 Å². The zero-order valence-electron chi connectivity index (χ0n) is 10.2. The quantitative estimate of drug-likeness (QED) is 0.203. The fourth-order valence-corrected chi connectivity index (χ4v) is 0.729. The molecule has 0 saturated heterocycles. The van der Waals surface area contributed by atoms with Gasteiger partial charge in [-0.25, -0.2) is 4.99 Å². The van der Waals surface area contributed by atoms with Crippen molar-refractivity contribution >= 4 is 11.9 Å². The molecule has 0 aliphatic rings. The zero-order chi connectivity index (χ0) is 13.8. The van der Waals surface area contributed by atoms with Crippen molar-refractivity contribution in [3.8, 4) is 0 Å². The first-order valence-electron chi connectivity index (χ1n) is 5.09. The van der Waals surface area contributed by atoms with Crippen LogP contribution in [0.3, 0.4) is 0 Å². The fourth-order valence-electron chi connectivity index (χ4n) is 0.729. The molecule has 1 unspecified atom stereocenters. The van der Waals surface area contributed by atoms with Crippen molar-refractivity contribution < 1.29 is 10.3 Å². The maximum absolute atomic E-state index is 8.36. The van der Waals surface area contributed by atoms with Crippen molar-refractivity contribution in [1.29, 1.82) is 5.41 Å². The van der Waals surface area contributed by atoms with Crippen LogP contribution < -0.4 is 16.4 Å². The second-order valence-corrected chi connectivity index (χ2v) is 3.04. The molecule has 0 aromatic rings. The third kappa shape index (κ3) is 16.6. The number of nitrogens with two attached hydrogens (primary N) is 1. The largest absolute Gasteiger partial charge is 0.370 e. The lowest BCUT2D eigenvalue weighted by molar-refractivity contribution is -0.742. The highest BCUT2D eigenvalue weighted by Crippen LogP contribution is 1.93. The summed E-state index contributed by atoms with van der Waals surface area (Å²) in [5, 5.41) is 26.3. The van der Waals surface area contributed by atoms with Gasteiger partial charge in [0.1, 0.15) is 0 Å². The van der Waals surface area contributed by atoms with Crippen molar-refractivity contribution in [1.82, 2.24) is 10.6 Å². The Balaban J connectivity index is 0. The van der Waals surface area contributed by atoms with E-state index in [1.165, 1.54) is 0 Å². The molecule has 9 nitrogen and oxygen atoms in total. The molecule has 0 spiro atoms. The number of hydrogen-bond acceptors (Lipinski definition) is 4. The molecule has 0 heterocycles. The first kappa shape index (κ1) is 17.3. The van der Waals surface area contributed by atoms with Crippen molar-refractivity contribution in [2.75, 3.05) is 6.54 Å². The lowest BCUT2D eigenvalue weighted by Gasteiger charge is -2.11. The molecular formula is C8H20N6O3. The summed E-state index contributed by atoms with van der Waals surface area (Å²) in [7, 11) is 0. The monoisotopic (exact) mass is 248 g/mol. The zero-order valence-corrected chi connectivity index (χ0v) is 10.2. The summed E-state index contributed by atoms with van der Waals surface area (Å²) in [5.41, 5.74) is 5.19. The van der Waals surface area contributed by atoms with Gasteiger partial charge >= 0.3 is 0 Å². The summed E-state index contributed by atoms with van der Waals surface area (Å²) >= 11 is 0. The van der Waals surface area contributed by atoms with E-state index in [0.717, 1.165) is 13.0 Å². The topological polar surface area (TPSA) is 150 Å². The number of nitrogens with zero attached hydrogens (tertiary/aromatic N) is 2. The summed E-state index contributed by atoms with van der Waals surface area (Å²) in [4.78, 5) is 12.7. The van der Waals surface area contributed by atoms with Crippen molar-refractivity contribution in [2.24, 2.45) is 10.7 Å². The van der Waals surface area contributed by atoms with Crippen LogP contribution in [0.15, 0.2) is 4.99 Å². The van der Waals surface area contributed by atoms with Gasteiger partial charge in [0, 0.05) is 6.54 Å². The minimum atomic E-state index is -1.50. The van der Waals surface area contributed by atoms with E-state index < -0.39 is 5.09 Å². The van der Waals surface area contributed by atoms with Gasteiger partial charge < -0.3 is 16.3 Å². The predicted octanol–water partition coefficient (Wildman–Crippen LogP) is -0.114. The second kappa shape index (κ2) is 10.5. The first-order valence-corrected chi connectivity index (χ1v) is 5.09. The summed E-state index contributed by atoms with van der Waals surface area (Å²) < 4.78 is 0. The molecule has 17 heavy (non-hydrogen) atoms. The predicted molar refractivity (Wildman–Crippen MR) is 64.7 cm³/mol. The lowest BCUT2D eigenvalue weighted by Crippen LogP contribution is -2.44. The minimum absolute atomic E-state index is 0.0944. The van der Waals surface area contributed by atoms with E-state index in [2.05, 4.69) is 22.5 Å². The Kier molecular flexibility index (Phi) is 10.7. The first-order chi connectivity index (χ1) is 7.83. The summed E-state index contributed by atoms with van der Waals surface area (Å²) in [6, 6.07) is 0.237. The highest BCUT2D eigenvalue weighted by molar-refractivity contribution is 5.96. The highest BCUT2D eigenvalue weighted by Gasteiger charge is 2.00. The Bertz CT molecular complexity index is 264. The normalized spacial score (nSPS) is 11.8. The SMILES string of the molecule is CCNC(=NC(C)CC)NC(=N)N.O=[N+]([O-])O. The Morgan fingerprint density at radius 1 is 1.65 bits per heavy atom. The molecule has 0 aliphatic heterocycles.